The fourth-order valence-electron chi connectivity index (χ4n) is 3.82. The van der Waals surface area contributed by atoms with Crippen LogP contribution in [0.4, 0.5) is 5.69 Å². The Balaban J connectivity index is 1.52. The van der Waals surface area contributed by atoms with Crippen LogP contribution in [0.2, 0.25) is 0 Å². The number of allylic oxidation sites excluding steroid dienone is 1. The Morgan fingerprint density at radius 3 is 2.82 bits per heavy atom. The zero-order valence-corrected chi connectivity index (χ0v) is 19.3. The lowest BCUT2D eigenvalue weighted by Gasteiger charge is -2.23. The lowest BCUT2D eigenvalue weighted by molar-refractivity contribution is 0.208. The summed E-state index contributed by atoms with van der Waals surface area (Å²) in [5.41, 5.74) is 1.70. The quantitative estimate of drug-likeness (QED) is 0.422. The highest BCUT2D eigenvalue weighted by Crippen LogP contribution is 2.36. The molecule has 174 valence electrons. The molecule has 33 heavy (non-hydrogen) atoms. The molecule has 0 saturated carbocycles. The molecule has 1 aliphatic rings. The van der Waals surface area contributed by atoms with Crippen LogP contribution >= 0.6 is 0 Å². The summed E-state index contributed by atoms with van der Waals surface area (Å²) in [5, 5.41) is 7.43. The van der Waals surface area contributed by atoms with E-state index in [1.165, 1.54) is 6.33 Å². The maximum atomic E-state index is 6.14. The molecule has 0 bridgehead atoms. The highest BCUT2D eigenvalue weighted by Gasteiger charge is 2.17. The van der Waals surface area contributed by atoms with Crippen molar-refractivity contribution in [1.29, 1.82) is 0 Å². The van der Waals surface area contributed by atoms with Gasteiger partial charge in [-0.1, -0.05) is 25.5 Å². The van der Waals surface area contributed by atoms with Crippen molar-refractivity contribution in [2.45, 2.75) is 32.6 Å². The summed E-state index contributed by atoms with van der Waals surface area (Å²) in [7, 11) is 1.64. The first-order chi connectivity index (χ1) is 16.3. The van der Waals surface area contributed by atoms with E-state index in [4.69, 9.17) is 14.2 Å². The van der Waals surface area contributed by atoms with Gasteiger partial charge in [-0.2, -0.15) is 0 Å². The van der Waals surface area contributed by atoms with Crippen molar-refractivity contribution < 1.29 is 14.2 Å². The number of unbranched alkanes of at least 4 members (excludes halogenated alkanes) is 1. The van der Waals surface area contributed by atoms with E-state index in [2.05, 4.69) is 33.6 Å². The van der Waals surface area contributed by atoms with Gasteiger partial charge in [-0.05, 0) is 62.7 Å². The third kappa shape index (κ3) is 6.14. The van der Waals surface area contributed by atoms with E-state index >= 15 is 0 Å². The van der Waals surface area contributed by atoms with Gasteiger partial charge >= 0.3 is 0 Å². The summed E-state index contributed by atoms with van der Waals surface area (Å²) < 4.78 is 17.9. The van der Waals surface area contributed by atoms with Gasteiger partial charge in [-0.25, -0.2) is 9.97 Å². The van der Waals surface area contributed by atoms with Crippen molar-refractivity contribution in [3.63, 3.8) is 0 Å². The topological polar surface area (TPSA) is 77.5 Å². The summed E-state index contributed by atoms with van der Waals surface area (Å²) in [6, 6.07) is 11.6. The van der Waals surface area contributed by atoms with E-state index < -0.39 is 0 Å². The molecule has 1 saturated heterocycles. The molecule has 2 aromatic carbocycles. The number of benzene rings is 2. The van der Waals surface area contributed by atoms with Gasteiger partial charge in [0.2, 0.25) is 5.88 Å². The van der Waals surface area contributed by atoms with E-state index in [-0.39, 0.29) is 0 Å². The summed E-state index contributed by atoms with van der Waals surface area (Å²) >= 11 is 0. The second kappa shape index (κ2) is 11.5. The maximum absolute atomic E-state index is 6.14. The molecular weight excluding hydrogens is 416 g/mol. The lowest BCUT2D eigenvalue weighted by Crippen LogP contribution is -2.30. The number of methoxy groups -OCH3 is 1. The monoisotopic (exact) mass is 448 g/mol. The minimum absolute atomic E-state index is 0.474. The minimum Gasteiger partial charge on any atom is -0.493 e. The number of hydrogen-bond donors (Lipinski definition) is 2. The molecular formula is C26H32N4O3. The molecule has 1 aliphatic heterocycles. The predicted octanol–water partition coefficient (Wildman–Crippen LogP) is 5.53. The van der Waals surface area contributed by atoms with E-state index in [9.17, 15) is 0 Å². The van der Waals surface area contributed by atoms with Crippen LogP contribution < -0.4 is 24.8 Å². The number of hydrogen-bond acceptors (Lipinski definition) is 7. The van der Waals surface area contributed by atoms with E-state index in [0.717, 1.165) is 55.4 Å². The second-order valence-corrected chi connectivity index (χ2v) is 8.17. The third-order valence-corrected chi connectivity index (χ3v) is 5.69. The molecule has 2 N–H and O–H groups in total. The first kappa shape index (κ1) is 22.9. The molecule has 0 amide bonds. The van der Waals surface area contributed by atoms with Crippen LogP contribution in [0.3, 0.4) is 0 Å². The molecule has 0 unspecified atom stereocenters. The first-order valence-electron chi connectivity index (χ1n) is 11.6. The molecule has 4 rings (SSSR count). The summed E-state index contributed by atoms with van der Waals surface area (Å²) in [4.78, 5) is 8.80. The average Bonchev–Trinajstić information content (AvgIpc) is 2.86. The molecule has 7 heteroatoms. The van der Waals surface area contributed by atoms with Gasteiger partial charge in [0.05, 0.1) is 24.6 Å². The molecule has 1 aromatic heterocycles. The number of anilines is 1. The summed E-state index contributed by atoms with van der Waals surface area (Å²) in [5.74, 6) is 3.05. The Bertz CT molecular complexity index is 1080. The highest BCUT2D eigenvalue weighted by atomic mass is 16.5. The standard InChI is InChI=1S/C26H32N4O3/c1-3-4-5-11-28-20-7-6-8-21(14-20)33-26-22-15-24(31-2)25(16-23(22)29-18-30-26)32-17-19-9-12-27-13-10-19/h5-8,11,14-16,18-19,27-28H,3-4,9-10,12-13,17H2,1-2H3/b11-5+. The van der Waals surface area contributed by atoms with Crippen molar-refractivity contribution in [1.82, 2.24) is 15.3 Å². The fourth-order valence-corrected chi connectivity index (χ4v) is 3.82. The molecule has 7 nitrogen and oxygen atoms in total. The van der Waals surface area contributed by atoms with Crippen molar-refractivity contribution in [3.05, 3.63) is 55.0 Å². The van der Waals surface area contributed by atoms with Gasteiger partial charge in [-0.3, -0.25) is 0 Å². The van der Waals surface area contributed by atoms with Crippen molar-refractivity contribution in [2.75, 3.05) is 32.1 Å². The van der Waals surface area contributed by atoms with Crippen LogP contribution in [-0.4, -0.2) is 36.8 Å². The normalized spacial score (nSPS) is 14.5. The smallest absolute Gasteiger partial charge is 0.230 e. The predicted molar refractivity (Wildman–Crippen MR) is 131 cm³/mol. The molecule has 0 radical (unpaired) electrons. The largest absolute Gasteiger partial charge is 0.493 e. The number of aromatic nitrogens is 2. The lowest BCUT2D eigenvalue weighted by atomic mass is 9.99. The van der Waals surface area contributed by atoms with Gasteiger partial charge in [0.15, 0.2) is 11.5 Å². The molecule has 1 fully saturated rings. The Morgan fingerprint density at radius 1 is 1.12 bits per heavy atom. The number of nitrogens with one attached hydrogen (secondary N) is 2. The van der Waals surface area contributed by atoms with Crippen LogP contribution in [0.15, 0.2) is 55.0 Å². The van der Waals surface area contributed by atoms with Crippen LogP contribution in [-0.2, 0) is 0 Å². The number of piperidine rings is 1. The van der Waals surface area contributed by atoms with Gasteiger partial charge in [-0.15, -0.1) is 0 Å². The van der Waals surface area contributed by atoms with Gasteiger partial charge in [0.1, 0.15) is 12.1 Å². The molecule has 2 heterocycles. The van der Waals surface area contributed by atoms with Gasteiger partial charge in [0, 0.05) is 17.8 Å². The van der Waals surface area contributed by atoms with E-state index in [1.54, 1.807) is 7.11 Å². The Morgan fingerprint density at radius 2 is 2.00 bits per heavy atom. The Hall–Kier alpha value is -3.32. The number of fused-ring (bicyclic) bond motifs is 1. The van der Waals surface area contributed by atoms with Crippen LogP contribution in [0.1, 0.15) is 32.6 Å². The van der Waals surface area contributed by atoms with E-state index in [1.807, 2.05) is 42.6 Å². The third-order valence-electron chi connectivity index (χ3n) is 5.69. The van der Waals surface area contributed by atoms with Crippen LogP contribution in [0.25, 0.3) is 10.9 Å². The Labute approximate surface area is 195 Å². The van der Waals surface area contributed by atoms with E-state index in [0.29, 0.717) is 35.7 Å². The van der Waals surface area contributed by atoms with Crippen LogP contribution in [0.5, 0.6) is 23.1 Å². The fraction of sp³-hybridized carbons (Fsp3) is 0.385. The average molecular weight is 449 g/mol. The SMILES string of the molecule is CCC/C=C/Nc1cccc(Oc2ncnc3cc(OCC4CCNCC4)c(OC)cc23)c1. The number of nitrogens with zero attached hydrogens (tertiary/aromatic N) is 2. The molecule has 3 aromatic rings. The van der Waals surface area contributed by atoms with Crippen molar-refractivity contribution in [2.24, 2.45) is 5.92 Å². The van der Waals surface area contributed by atoms with Gasteiger partial charge in [0.25, 0.3) is 0 Å². The highest BCUT2D eigenvalue weighted by molar-refractivity contribution is 5.87. The molecule has 0 atom stereocenters. The first-order valence-corrected chi connectivity index (χ1v) is 11.6. The summed E-state index contributed by atoms with van der Waals surface area (Å²) in [6.07, 6.45) is 9.99. The summed E-state index contributed by atoms with van der Waals surface area (Å²) in [6.45, 7) is 4.92. The maximum Gasteiger partial charge on any atom is 0.230 e. The Kier molecular flexibility index (Phi) is 7.98. The molecule has 0 aliphatic carbocycles. The van der Waals surface area contributed by atoms with Crippen molar-refractivity contribution >= 4 is 16.6 Å². The zero-order valence-electron chi connectivity index (χ0n) is 19.3. The molecule has 0 spiro atoms. The number of rotatable bonds is 10. The zero-order chi connectivity index (χ0) is 22.9. The van der Waals surface area contributed by atoms with Gasteiger partial charge < -0.3 is 24.8 Å². The minimum atomic E-state index is 0.474. The second-order valence-electron chi connectivity index (χ2n) is 8.17. The number of ether oxygens (including phenoxy) is 3. The van der Waals surface area contributed by atoms with Crippen LogP contribution in [0, 0.1) is 5.92 Å². The van der Waals surface area contributed by atoms with Crippen molar-refractivity contribution in [3.8, 4) is 23.1 Å².